The summed E-state index contributed by atoms with van der Waals surface area (Å²) in [5, 5.41) is 3.97. The first kappa shape index (κ1) is 17.0. The molecule has 1 saturated heterocycles. The normalized spacial score (nSPS) is 14.5. The maximum absolute atomic E-state index is 12.4. The van der Waals surface area contributed by atoms with Crippen molar-refractivity contribution in [2.75, 3.05) is 31.6 Å². The van der Waals surface area contributed by atoms with E-state index in [2.05, 4.69) is 15.3 Å². The van der Waals surface area contributed by atoms with Crippen LogP contribution in [0.15, 0.2) is 30.6 Å². The van der Waals surface area contributed by atoms with E-state index in [1.807, 2.05) is 6.07 Å². The fourth-order valence-electron chi connectivity index (χ4n) is 2.33. The van der Waals surface area contributed by atoms with Gasteiger partial charge < -0.3 is 15.0 Å². The van der Waals surface area contributed by atoms with Crippen molar-refractivity contribution >= 4 is 34.9 Å². The Morgan fingerprint density at radius 2 is 2.00 bits per heavy atom. The highest BCUT2D eigenvalue weighted by Gasteiger charge is 2.19. The van der Waals surface area contributed by atoms with Gasteiger partial charge in [-0.3, -0.25) is 4.79 Å². The molecule has 126 valence electrons. The van der Waals surface area contributed by atoms with E-state index in [1.54, 1.807) is 23.2 Å². The van der Waals surface area contributed by atoms with Gasteiger partial charge in [0.25, 0.3) is 5.91 Å². The Labute approximate surface area is 149 Å². The molecular weight excluding hydrogens is 351 g/mol. The SMILES string of the molecule is O=C(c1cnc(NCc2ccc(Cl)nc2)c(Cl)c1)N1CCOCC1. The minimum atomic E-state index is -0.0823. The molecule has 0 aliphatic carbocycles. The average molecular weight is 367 g/mol. The minimum absolute atomic E-state index is 0.0823. The van der Waals surface area contributed by atoms with Gasteiger partial charge in [-0.2, -0.15) is 0 Å². The summed E-state index contributed by atoms with van der Waals surface area (Å²) in [6.45, 7) is 2.79. The molecule has 1 aliphatic heterocycles. The summed E-state index contributed by atoms with van der Waals surface area (Å²) in [6, 6.07) is 5.22. The van der Waals surface area contributed by atoms with E-state index in [4.69, 9.17) is 27.9 Å². The van der Waals surface area contributed by atoms with Crippen LogP contribution in [0.1, 0.15) is 15.9 Å². The molecule has 0 unspecified atom stereocenters. The Balaban J connectivity index is 1.65. The largest absolute Gasteiger partial charge is 0.378 e. The lowest BCUT2D eigenvalue weighted by Crippen LogP contribution is -2.40. The van der Waals surface area contributed by atoms with Crippen LogP contribution in [0.25, 0.3) is 0 Å². The molecule has 8 heteroatoms. The van der Waals surface area contributed by atoms with Crippen molar-refractivity contribution in [3.63, 3.8) is 0 Å². The molecular formula is C16H16Cl2N4O2. The number of ether oxygens (including phenoxy) is 1. The van der Waals surface area contributed by atoms with E-state index in [9.17, 15) is 4.79 Å². The quantitative estimate of drug-likeness (QED) is 0.842. The van der Waals surface area contributed by atoms with E-state index in [0.717, 1.165) is 5.56 Å². The summed E-state index contributed by atoms with van der Waals surface area (Å²) >= 11 is 12.0. The van der Waals surface area contributed by atoms with Crippen molar-refractivity contribution < 1.29 is 9.53 Å². The first-order valence-corrected chi connectivity index (χ1v) is 8.26. The molecule has 1 fully saturated rings. The number of nitrogens with one attached hydrogen (secondary N) is 1. The summed E-state index contributed by atoms with van der Waals surface area (Å²) < 4.78 is 5.25. The zero-order valence-electron chi connectivity index (χ0n) is 12.8. The van der Waals surface area contributed by atoms with Crippen LogP contribution in [0, 0.1) is 0 Å². The molecule has 6 nitrogen and oxygen atoms in total. The second-order valence-electron chi connectivity index (χ2n) is 5.30. The third-order valence-corrected chi connectivity index (χ3v) is 4.15. The van der Waals surface area contributed by atoms with Crippen LogP contribution < -0.4 is 5.32 Å². The summed E-state index contributed by atoms with van der Waals surface area (Å²) in [6.07, 6.45) is 3.21. The highest BCUT2D eigenvalue weighted by atomic mass is 35.5. The Morgan fingerprint density at radius 1 is 1.21 bits per heavy atom. The second kappa shape index (κ2) is 7.79. The molecule has 1 N–H and O–H groups in total. The number of rotatable bonds is 4. The number of hydrogen-bond acceptors (Lipinski definition) is 5. The molecule has 24 heavy (non-hydrogen) atoms. The van der Waals surface area contributed by atoms with Crippen molar-refractivity contribution in [1.82, 2.24) is 14.9 Å². The van der Waals surface area contributed by atoms with E-state index in [1.165, 1.54) is 6.20 Å². The number of hydrogen-bond donors (Lipinski definition) is 1. The number of amides is 1. The molecule has 0 atom stereocenters. The average Bonchev–Trinajstić information content (AvgIpc) is 2.62. The van der Waals surface area contributed by atoms with Crippen LogP contribution in [-0.4, -0.2) is 47.1 Å². The molecule has 0 radical (unpaired) electrons. The summed E-state index contributed by atoms with van der Waals surface area (Å²) in [5.74, 6) is 0.436. The number of morpholine rings is 1. The lowest BCUT2D eigenvalue weighted by atomic mass is 10.2. The third kappa shape index (κ3) is 4.14. The summed E-state index contributed by atoms with van der Waals surface area (Å²) in [5.41, 5.74) is 1.42. The van der Waals surface area contributed by atoms with Crippen LogP contribution in [0.2, 0.25) is 10.2 Å². The van der Waals surface area contributed by atoms with Gasteiger partial charge in [-0.1, -0.05) is 29.3 Å². The first-order chi connectivity index (χ1) is 11.6. The van der Waals surface area contributed by atoms with E-state index in [0.29, 0.717) is 54.4 Å². The van der Waals surface area contributed by atoms with Gasteiger partial charge in [0.2, 0.25) is 0 Å². The standard InChI is InChI=1S/C16H16Cl2N4O2/c17-13-7-12(16(23)22-3-5-24-6-4-22)10-21-15(13)20-9-11-1-2-14(18)19-8-11/h1-2,7-8,10H,3-6,9H2,(H,20,21). The molecule has 0 aromatic carbocycles. The third-order valence-electron chi connectivity index (χ3n) is 3.64. The molecule has 2 aromatic rings. The molecule has 3 heterocycles. The van der Waals surface area contributed by atoms with Gasteiger partial charge in [0, 0.05) is 32.0 Å². The van der Waals surface area contributed by atoms with Crippen LogP contribution in [-0.2, 0) is 11.3 Å². The Hall–Kier alpha value is -1.89. The molecule has 2 aromatic heterocycles. The molecule has 0 bridgehead atoms. The summed E-state index contributed by atoms with van der Waals surface area (Å²) in [7, 11) is 0. The van der Waals surface area contributed by atoms with Crippen molar-refractivity contribution in [3.8, 4) is 0 Å². The number of carbonyl (C=O) groups is 1. The number of carbonyl (C=O) groups excluding carboxylic acids is 1. The van der Waals surface area contributed by atoms with E-state index >= 15 is 0 Å². The van der Waals surface area contributed by atoms with Crippen LogP contribution in [0.5, 0.6) is 0 Å². The lowest BCUT2D eigenvalue weighted by molar-refractivity contribution is 0.0302. The number of aromatic nitrogens is 2. The maximum Gasteiger partial charge on any atom is 0.255 e. The molecule has 1 amide bonds. The van der Waals surface area contributed by atoms with Gasteiger partial charge in [-0.05, 0) is 17.7 Å². The number of halogens is 2. The maximum atomic E-state index is 12.4. The van der Waals surface area contributed by atoms with Crippen LogP contribution >= 0.6 is 23.2 Å². The van der Waals surface area contributed by atoms with Crippen molar-refractivity contribution in [2.45, 2.75) is 6.54 Å². The Bertz CT molecular complexity index is 719. The predicted molar refractivity (Wildman–Crippen MR) is 92.5 cm³/mol. The molecule has 0 saturated carbocycles. The van der Waals surface area contributed by atoms with Crippen molar-refractivity contribution in [3.05, 3.63) is 51.9 Å². The Kier molecular flexibility index (Phi) is 5.50. The second-order valence-corrected chi connectivity index (χ2v) is 6.10. The van der Waals surface area contributed by atoms with E-state index in [-0.39, 0.29) is 5.91 Å². The van der Waals surface area contributed by atoms with Gasteiger partial charge in [0.15, 0.2) is 0 Å². The number of anilines is 1. The van der Waals surface area contributed by atoms with Gasteiger partial charge >= 0.3 is 0 Å². The highest BCUT2D eigenvalue weighted by molar-refractivity contribution is 6.33. The number of pyridine rings is 2. The highest BCUT2D eigenvalue weighted by Crippen LogP contribution is 2.22. The predicted octanol–water partition coefficient (Wildman–Crippen LogP) is 2.87. The molecule has 3 rings (SSSR count). The number of nitrogens with zero attached hydrogens (tertiary/aromatic N) is 3. The zero-order valence-corrected chi connectivity index (χ0v) is 14.3. The van der Waals surface area contributed by atoms with Gasteiger partial charge in [-0.25, -0.2) is 9.97 Å². The van der Waals surface area contributed by atoms with Crippen LogP contribution in [0.4, 0.5) is 5.82 Å². The smallest absolute Gasteiger partial charge is 0.255 e. The Morgan fingerprint density at radius 3 is 2.67 bits per heavy atom. The van der Waals surface area contributed by atoms with E-state index < -0.39 is 0 Å². The fraction of sp³-hybridized carbons (Fsp3) is 0.312. The van der Waals surface area contributed by atoms with Crippen LogP contribution in [0.3, 0.4) is 0 Å². The van der Waals surface area contributed by atoms with Gasteiger partial charge in [0.05, 0.1) is 23.8 Å². The molecule has 0 spiro atoms. The minimum Gasteiger partial charge on any atom is -0.378 e. The van der Waals surface area contributed by atoms with Crippen molar-refractivity contribution in [1.29, 1.82) is 0 Å². The van der Waals surface area contributed by atoms with Gasteiger partial charge in [-0.15, -0.1) is 0 Å². The first-order valence-electron chi connectivity index (χ1n) is 7.50. The molecule has 1 aliphatic rings. The fourth-order valence-corrected chi connectivity index (χ4v) is 2.68. The van der Waals surface area contributed by atoms with Crippen molar-refractivity contribution in [2.24, 2.45) is 0 Å². The monoisotopic (exact) mass is 366 g/mol. The zero-order chi connectivity index (χ0) is 16.9. The van der Waals surface area contributed by atoms with Gasteiger partial charge in [0.1, 0.15) is 11.0 Å². The topological polar surface area (TPSA) is 67.4 Å². The summed E-state index contributed by atoms with van der Waals surface area (Å²) in [4.78, 5) is 22.4. The lowest BCUT2D eigenvalue weighted by Gasteiger charge is -2.26.